The van der Waals surface area contributed by atoms with E-state index in [2.05, 4.69) is 9.55 Å². The van der Waals surface area contributed by atoms with Crippen LogP contribution in [-0.2, 0) is 11.3 Å². The standard InChI is InChI=1S/C23H23N5O4/c24-21(29)20(12-3-4-12)31-14-10-16-19-18(11-14)30-8-2-1-7-28(19)22(26-16)13-5-6-17-15(9-13)27-23(25)32-17/h5-6,9-12,20H,1-4,7-8H2,(H2,24,29)(H2,25,27). The number of imidazole rings is 1. The lowest BCUT2D eigenvalue weighted by Gasteiger charge is -2.19. The molecular weight excluding hydrogens is 410 g/mol. The molecule has 1 fully saturated rings. The Kier molecular flexibility index (Phi) is 4.24. The second kappa shape index (κ2) is 7.15. The molecule has 2 aliphatic rings. The minimum atomic E-state index is -0.630. The Morgan fingerprint density at radius 1 is 1.16 bits per heavy atom. The zero-order chi connectivity index (χ0) is 21.8. The number of nitrogen functional groups attached to an aromatic ring is 1. The van der Waals surface area contributed by atoms with E-state index in [1.54, 1.807) is 0 Å². The van der Waals surface area contributed by atoms with Crippen molar-refractivity contribution >= 4 is 34.1 Å². The van der Waals surface area contributed by atoms with Crippen LogP contribution in [0.3, 0.4) is 0 Å². The predicted molar refractivity (Wildman–Crippen MR) is 118 cm³/mol. The van der Waals surface area contributed by atoms with Gasteiger partial charge in [0.15, 0.2) is 11.7 Å². The molecule has 1 unspecified atom stereocenters. The zero-order valence-electron chi connectivity index (χ0n) is 17.4. The Morgan fingerprint density at radius 2 is 2.03 bits per heavy atom. The van der Waals surface area contributed by atoms with Crippen LogP contribution in [0, 0.1) is 5.92 Å². The number of hydrogen-bond acceptors (Lipinski definition) is 7. The smallest absolute Gasteiger partial charge is 0.292 e. The SMILES string of the molecule is NC(=O)C(Oc1cc2c3c(c1)nc(-c1ccc4oc(N)nc4c1)n3CCCCO2)C1CC1. The van der Waals surface area contributed by atoms with Gasteiger partial charge in [0.1, 0.15) is 28.4 Å². The molecule has 32 heavy (non-hydrogen) atoms. The molecule has 0 saturated heterocycles. The highest BCUT2D eigenvalue weighted by Crippen LogP contribution is 2.39. The fourth-order valence-electron chi connectivity index (χ4n) is 4.39. The molecule has 2 aromatic carbocycles. The fourth-order valence-corrected chi connectivity index (χ4v) is 4.39. The first-order valence-electron chi connectivity index (χ1n) is 10.9. The van der Waals surface area contributed by atoms with Crippen molar-refractivity contribution in [1.29, 1.82) is 0 Å². The first kappa shape index (κ1) is 19.0. The van der Waals surface area contributed by atoms with Gasteiger partial charge < -0.3 is 29.9 Å². The lowest BCUT2D eigenvalue weighted by Crippen LogP contribution is -2.35. The van der Waals surface area contributed by atoms with Gasteiger partial charge in [-0.1, -0.05) is 0 Å². The highest BCUT2D eigenvalue weighted by molar-refractivity contribution is 5.89. The summed E-state index contributed by atoms with van der Waals surface area (Å²) >= 11 is 0. The van der Waals surface area contributed by atoms with Crippen molar-refractivity contribution < 1.29 is 18.7 Å². The van der Waals surface area contributed by atoms with E-state index in [-0.39, 0.29) is 11.9 Å². The molecule has 164 valence electrons. The maximum absolute atomic E-state index is 11.9. The van der Waals surface area contributed by atoms with Gasteiger partial charge >= 0.3 is 0 Å². The van der Waals surface area contributed by atoms with E-state index in [0.29, 0.717) is 29.2 Å². The monoisotopic (exact) mass is 433 g/mol. The van der Waals surface area contributed by atoms with E-state index in [9.17, 15) is 4.79 Å². The second-order valence-electron chi connectivity index (χ2n) is 8.44. The number of nitrogens with two attached hydrogens (primary N) is 2. The normalized spacial score (nSPS) is 17.0. The topological polar surface area (TPSA) is 131 Å². The Balaban J connectivity index is 1.49. The molecule has 2 aromatic heterocycles. The summed E-state index contributed by atoms with van der Waals surface area (Å²) in [5.41, 5.74) is 15.2. The number of aromatic nitrogens is 3. The summed E-state index contributed by atoms with van der Waals surface area (Å²) in [4.78, 5) is 21.1. The molecule has 0 bridgehead atoms. The second-order valence-corrected chi connectivity index (χ2v) is 8.44. The molecule has 1 atom stereocenters. The van der Waals surface area contributed by atoms with Crippen LogP contribution < -0.4 is 20.9 Å². The van der Waals surface area contributed by atoms with E-state index < -0.39 is 12.0 Å². The quantitative estimate of drug-likeness (QED) is 0.494. The minimum absolute atomic E-state index is 0.136. The number of carbonyl (C=O) groups excluding carboxylic acids is 1. The Morgan fingerprint density at radius 3 is 2.84 bits per heavy atom. The average Bonchev–Trinajstić information content (AvgIpc) is 3.41. The first-order chi connectivity index (χ1) is 15.6. The van der Waals surface area contributed by atoms with Crippen molar-refractivity contribution in [1.82, 2.24) is 14.5 Å². The van der Waals surface area contributed by atoms with E-state index in [0.717, 1.165) is 54.6 Å². The lowest BCUT2D eigenvalue weighted by molar-refractivity contribution is -0.125. The molecule has 0 spiro atoms. The van der Waals surface area contributed by atoms with Gasteiger partial charge in [-0.2, -0.15) is 4.98 Å². The van der Waals surface area contributed by atoms with Crippen molar-refractivity contribution in [3.8, 4) is 22.9 Å². The van der Waals surface area contributed by atoms with E-state index >= 15 is 0 Å². The van der Waals surface area contributed by atoms with Crippen LogP contribution in [0.15, 0.2) is 34.7 Å². The number of carbonyl (C=O) groups is 1. The Hall–Kier alpha value is -3.75. The molecule has 1 aliphatic carbocycles. The molecule has 0 radical (unpaired) electrons. The molecule has 3 heterocycles. The van der Waals surface area contributed by atoms with Crippen molar-refractivity contribution in [2.45, 2.75) is 38.3 Å². The van der Waals surface area contributed by atoms with Crippen LogP contribution in [0.5, 0.6) is 11.5 Å². The summed E-state index contributed by atoms with van der Waals surface area (Å²) < 4.78 is 19.7. The number of rotatable bonds is 5. The molecule has 1 aliphatic heterocycles. The van der Waals surface area contributed by atoms with Crippen molar-refractivity contribution in [3.63, 3.8) is 0 Å². The maximum atomic E-state index is 11.9. The van der Waals surface area contributed by atoms with Crippen LogP contribution in [0.2, 0.25) is 0 Å². The van der Waals surface area contributed by atoms with E-state index in [1.807, 2.05) is 30.3 Å². The van der Waals surface area contributed by atoms with Gasteiger partial charge in [0.05, 0.1) is 12.1 Å². The predicted octanol–water partition coefficient (Wildman–Crippen LogP) is 3.24. The number of aryl methyl sites for hydroxylation is 1. The summed E-state index contributed by atoms with van der Waals surface area (Å²) in [7, 11) is 0. The number of fused-ring (bicyclic) bond motifs is 1. The van der Waals surface area contributed by atoms with Gasteiger partial charge in [0.25, 0.3) is 11.9 Å². The first-order valence-corrected chi connectivity index (χ1v) is 10.9. The minimum Gasteiger partial charge on any atom is -0.491 e. The lowest BCUT2D eigenvalue weighted by atomic mass is 10.2. The molecule has 6 rings (SSSR count). The number of ether oxygens (including phenoxy) is 2. The van der Waals surface area contributed by atoms with Crippen LogP contribution in [-0.4, -0.2) is 33.2 Å². The third kappa shape index (κ3) is 3.21. The molecule has 4 N–H and O–H groups in total. The van der Waals surface area contributed by atoms with E-state index in [1.165, 1.54) is 0 Å². The Bertz CT molecular complexity index is 1350. The summed E-state index contributed by atoms with van der Waals surface area (Å²) in [6.45, 7) is 1.43. The van der Waals surface area contributed by atoms with Crippen LogP contribution in [0.25, 0.3) is 33.5 Å². The highest BCUT2D eigenvalue weighted by atomic mass is 16.5. The summed E-state index contributed by atoms with van der Waals surface area (Å²) in [6.07, 6.45) is 3.17. The molecular formula is C23H23N5O4. The van der Waals surface area contributed by atoms with Crippen molar-refractivity contribution in [2.75, 3.05) is 12.3 Å². The zero-order valence-corrected chi connectivity index (χ0v) is 17.4. The maximum Gasteiger partial charge on any atom is 0.292 e. The summed E-state index contributed by atoms with van der Waals surface area (Å²) in [6, 6.07) is 9.56. The summed E-state index contributed by atoms with van der Waals surface area (Å²) in [5, 5.41) is 0. The molecule has 9 nitrogen and oxygen atoms in total. The third-order valence-corrected chi connectivity index (χ3v) is 6.07. The van der Waals surface area contributed by atoms with Crippen LogP contribution in [0.1, 0.15) is 25.7 Å². The molecule has 1 saturated carbocycles. The van der Waals surface area contributed by atoms with Gasteiger partial charge in [-0.15, -0.1) is 0 Å². The number of primary amides is 1. The van der Waals surface area contributed by atoms with Crippen molar-refractivity contribution in [3.05, 3.63) is 30.3 Å². The largest absolute Gasteiger partial charge is 0.491 e. The van der Waals surface area contributed by atoms with Gasteiger partial charge in [0, 0.05) is 30.2 Å². The Labute approximate surface area is 183 Å². The van der Waals surface area contributed by atoms with E-state index in [4.69, 9.17) is 30.3 Å². The van der Waals surface area contributed by atoms with Crippen LogP contribution in [0.4, 0.5) is 6.01 Å². The third-order valence-electron chi connectivity index (χ3n) is 6.07. The number of amides is 1. The number of anilines is 1. The van der Waals surface area contributed by atoms with Gasteiger partial charge in [-0.25, -0.2) is 4.98 Å². The molecule has 9 heteroatoms. The average molecular weight is 433 g/mol. The molecule has 1 amide bonds. The van der Waals surface area contributed by atoms with Crippen molar-refractivity contribution in [2.24, 2.45) is 11.7 Å². The number of nitrogens with zero attached hydrogens (tertiary/aromatic N) is 3. The van der Waals surface area contributed by atoms with Gasteiger partial charge in [-0.3, -0.25) is 4.79 Å². The summed E-state index contributed by atoms with van der Waals surface area (Å²) in [5.74, 6) is 1.78. The molecule has 4 aromatic rings. The highest BCUT2D eigenvalue weighted by Gasteiger charge is 2.37. The number of hydrogen-bond donors (Lipinski definition) is 2. The van der Waals surface area contributed by atoms with Crippen LogP contribution >= 0.6 is 0 Å². The number of oxazole rings is 1. The number of benzene rings is 2. The fraction of sp³-hybridized carbons (Fsp3) is 0.348. The van der Waals surface area contributed by atoms with Gasteiger partial charge in [-0.05, 0) is 43.9 Å². The van der Waals surface area contributed by atoms with Gasteiger partial charge in [0.2, 0.25) is 0 Å².